The van der Waals surface area contributed by atoms with E-state index in [-0.39, 0.29) is 0 Å². The number of hydrogen-bond donors (Lipinski definition) is 0. The minimum Gasteiger partial charge on any atom is -0.482 e. The third-order valence-electron chi connectivity index (χ3n) is 2.58. The van der Waals surface area contributed by atoms with Crippen LogP contribution in [-0.2, 0) is 14.2 Å². The molecule has 0 spiro atoms. The monoisotopic (exact) mass is 289 g/mol. The Bertz CT molecular complexity index is 458. The summed E-state index contributed by atoms with van der Waals surface area (Å²) in [5, 5.41) is 0. The van der Waals surface area contributed by atoms with E-state index < -0.39 is 0 Å². The number of rotatable bonds is 1. The summed E-state index contributed by atoms with van der Waals surface area (Å²) in [6.45, 7) is 4.77. The van der Waals surface area contributed by atoms with Crippen LogP contribution in [0.15, 0.2) is 45.3 Å². The average molecular weight is 289 g/mol. The van der Waals surface area contributed by atoms with Crippen LogP contribution in [0.4, 0.5) is 0 Å². The highest BCUT2D eigenvalue weighted by Gasteiger charge is 2.07. The first-order valence-corrected chi connectivity index (χ1v) is 6.89. The van der Waals surface area contributed by atoms with E-state index in [1.54, 1.807) is 0 Å². The van der Waals surface area contributed by atoms with Crippen molar-refractivity contribution in [1.29, 1.82) is 0 Å². The van der Waals surface area contributed by atoms with Crippen molar-refractivity contribution in [1.82, 2.24) is 0 Å². The van der Waals surface area contributed by atoms with Crippen molar-refractivity contribution in [2.24, 2.45) is 15.0 Å². The molecule has 21 heavy (non-hydrogen) atoms. The van der Waals surface area contributed by atoms with Crippen LogP contribution in [0.5, 0.6) is 0 Å². The molecule has 4 rings (SSSR count). The van der Waals surface area contributed by atoms with Crippen molar-refractivity contribution in [2.45, 2.75) is 0 Å². The molecule has 0 amide bonds. The lowest BCUT2D eigenvalue weighted by atomic mass is 10.2. The lowest BCUT2D eigenvalue weighted by Crippen LogP contribution is -1.99. The number of ether oxygens (including phenoxy) is 3. The Morgan fingerprint density at radius 3 is 1.81 bits per heavy atom. The molecule has 0 saturated heterocycles. The van der Waals surface area contributed by atoms with Gasteiger partial charge in [0.25, 0.3) is 0 Å². The average Bonchev–Trinajstić information content (AvgIpc) is 3.35. The molecule has 3 aliphatic rings. The summed E-state index contributed by atoms with van der Waals surface area (Å²) in [6.07, 6.45) is 2.97. The van der Waals surface area contributed by atoms with Gasteiger partial charge < -0.3 is 14.2 Å². The van der Waals surface area contributed by atoms with Crippen molar-refractivity contribution in [3.8, 4) is 0 Å². The van der Waals surface area contributed by atoms with Gasteiger partial charge in [0, 0.05) is 5.56 Å². The summed E-state index contributed by atoms with van der Waals surface area (Å²) in [6, 6.07) is 9.96. The van der Waals surface area contributed by atoms with Gasteiger partial charge in [-0.25, -0.2) is 4.99 Å². The Hall–Kier alpha value is -2.37. The Kier molecular flexibility index (Phi) is 6.81. The minimum atomic E-state index is 0.726. The van der Waals surface area contributed by atoms with Crippen LogP contribution in [-0.4, -0.2) is 58.2 Å². The Balaban J connectivity index is 0.000000134. The first-order chi connectivity index (χ1) is 10.5. The fourth-order valence-electron chi connectivity index (χ4n) is 1.62. The fraction of sp³-hybridized carbons (Fsp3) is 0.400. The van der Waals surface area contributed by atoms with Crippen LogP contribution < -0.4 is 0 Å². The third-order valence-corrected chi connectivity index (χ3v) is 2.58. The molecular weight excluding hydrogens is 270 g/mol. The van der Waals surface area contributed by atoms with Gasteiger partial charge in [-0.15, -0.1) is 0 Å². The van der Waals surface area contributed by atoms with E-state index in [4.69, 9.17) is 4.74 Å². The van der Waals surface area contributed by atoms with Crippen LogP contribution in [0.25, 0.3) is 0 Å². The van der Waals surface area contributed by atoms with Gasteiger partial charge in [-0.3, -0.25) is 9.98 Å². The van der Waals surface area contributed by atoms with Gasteiger partial charge in [0.2, 0.25) is 5.90 Å². The van der Waals surface area contributed by atoms with Crippen LogP contribution in [0.1, 0.15) is 5.56 Å². The minimum absolute atomic E-state index is 0.726. The predicted octanol–water partition coefficient (Wildman–Crippen LogP) is 1.55. The molecule has 1 aromatic carbocycles. The molecule has 1 aromatic rings. The number of hydrogen-bond acceptors (Lipinski definition) is 6. The zero-order valence-corrected chi connectivity index (χ0v) is 11.9. The second-order valence-electron chi connectivity index (χ2n) is 4.17. The van der Waals surface area contributed by atoms with Gasteiger partial charge in [-0.2, -0.15) is 0 Å². The summed E-state index contributed by atoms with van der Waals surface area (Å²) in [5.41, 5.74) is 1.07. The van der Waals surface area contributed by atoms with E-state index in [0.29, 0.717) is 0 Å². The van der Waals surface area contributed by atoms with Gasteiger partial charge in [0.1, 0.15) is 19.8 Å². The standard InChI is InChI=1S/C9H9NO.2C3H5NO/c1-2-4-8(5-3-1)9-10-6-7-11-9;2*1-2-5-3-4-1/h1-5H,6-7H2;2*3H,1-2H2. The zero-order chi connectivity index (χ0) is 14.6. The zero-order valence-electron chi connectivity index (χ0n) is 11.9. The molecule has 0 bridgehead atoms. The molecule has 3 heterocycles. The molecule has 0 fully saturated rings. The molecule has 112 valence electrons. The van der Waals surface area contributed by atoms with E-state index in [2.05, 4.69) is 24.5 Å². The van der Waals surface area contributed by atoms with E-state index in [0.717, 1.165) is 50.9 Å². The SMILES string of the molecule is C1=NCCO1.C1=NCCO1.c1ccc(C2=NCCO2)cc1. The van der Waals surface area contributed by atoms with Gasteiger partial charge in [0.15, 0.2) is 12.8 Å². The maximum absolute atomic E-state index is 5.29. The quantitative estimate of drug-likeness (QED) is 0.788. The van der Waals surface area contributed by atoms with Crippen molar-refractivity contribution >= 4 is 18.7 Å². The van der Waals surface area contributed by atoms with Gasteiger partial charge in [-0.05, 0) is 12.1 Å². The highest BCUT2D eigenvalue weighted by atomic mass is 16.5. The Morgan fingerprint density at radius 1 is 0.762 bits per heavy atom. The number of aliphatic imine (C=N–C) groups is 3. The second kappa shape index (κ2) is 9.52. The molecule has 0 atom stereocenters. The molecule has 0 aliphatic carbocycles. The predicted molar refractivity (Wildman–Crippen MR) is 82.4 cm³/mol. The van der Waals surface area contributed by atoms with Gasteiger partial charge in [0.05, 0.1) is 19.6 Å². The summed E-state index contributed by atoms with van der Waals surface area (Å²) in [7, 11) is 0. The molecule has 6 heteroatoms. The summed E-state index contributed by atoms with van der Waals surface area (Å²) in [4.78, 5) is 11.7. The molecule has 0 radical (unpaired) electrons. The van der Waals surface area contributed by atoms with E-state index in [1.807, 2.05) is 30.3 Å². The maximum atomic E-state index is 5.29. The number of benzene rings is 1. The molecule has 0 aromatic heterocycles. The van der Waals surface area contributed by atoms with Gasteiger partial charge in [-0.1, -0.05) is 18.2 Å². The fourth-order valence-corrected chi connectivity index (χ4v) is 1.62. The smallest absolute Gasteiger partial charge is 0.216 e. The van der Waals surface area contributed by atoms with Crippen LogP contribution >= 0.6 is 0 Å². The molecule has 6 nitrogen and oxygen atoms in total. The van der Waals surface area contributed by atoms with Crippen LogP contribution in [0.2, 0.25) is 0 Å². The van der Waals surface area contributed by atoms with E-state index in [1.165, 1.54) is 12.8 Å². The first kappa shape index (κ1) is 15.0. The van der Waals surface area contributed by atoms with Crippen molar-refractivity contribution in [3.63, 3.8) is 0 Å². The van der Waals surface area contributed by atoms with Crippen LogP contribution in [0, 0.1) is 0 Å². The topological polar surface area (TPSA) is 64.8 Å². The summed E-state index contributed by atoms with van der Waals surface area (Å²) < 4.78 is 14.6. The van der Waals surface area contributed by atoms with Crippen molar-refractivity contribution < 1.29 is 14.2 Å². The maximum Gasteiger partial charge on any atom is 0.216 e. The highest BCUT2D eigenvalue weighted by Crippen LogP contribution is 2.06. The summed E-state index contributed by atoms with van der Waals surface area (Å²) >= 11 is 0. The summed E-state index contributed by atoms with van der Waals surface area (Å²) in [5.74, 6) is 0.783. The lowest BCUT2D eigenvalue weighted by molar-refractivity contribution is 0.348. The third kappa shape index (κ3) is 6.07. The largest absolute Gasteiger partial charge is 0.482 e. The first-order valence-electron chi connectivity index (χ1n) is 6.89. The van der Waals surface area contributed by atoms with E-state index in [9.17, 15) is 0 Å². The van der Waals surface area contributed by atoms with Crippen LogP contribution in [0.3, 0.4) is 0 Å². The highest BCUT2D eigenvalue weighted by molar-refractivity contribution is 5.94. The Morgan fingerprint density at radius 2 is 1.43 bits per heavy atom. The van der Waals surface area contributed by atoms with Crippen molar-refractivity contribution in [3.05, 3.63) is 35.9 Å². The van der Waals surface area contributed by atoms with E-state index >= 15 is 0 Å². The Labute approximate surface area is 124 Å². The normalized spacial score (nSPS) is 17.4. The molecule has 0 saturated carbocycles. The molecule has 0 unspecified atom stereocenters. The van der Waals surface area contributed by atoms with Crippen molar-refractivity contribution in [2.75, 3.05) is 39.5 Å². The van der Waals surface area contributed by atoms with Gasteiger partial charge >= 0.3 is 0 Å². The molecule has 0 N–H and O–H groups in total. The molecule has 3 aliphatic heterocycles. The number of nitrogens with zero attached hydrogens (tertiary/aromatic N) is 3. The lowest BCUT2D eigenvalue weighted by Gasteiger charge is -1.98. The molecular formula is C15H19N3O3. The second-order valence-corrected chi connectivity index (χ2v) is 4.17.